The first-order valence-corrected chi connectivity index (χ1v) is 5.43. The van der Waals surface area contributed by atoms with E-state index in [4.69, 9.17) is 4.42 Å². The third kappa shape index (κ3) is 1.44. The molecule has 0 aliphatic rings. The SMILES string of the molecule is Fc1cccc2[nH]c(-c3ccc(Br)o3)nc12. The van der Waals surface area contributed by atoms with Gasteiger partial charge in [0.2, 0.25) is 0 Å². The molecule has 3 rings (SSSR count). The van der Waals surface area contributed by atoms with Gasteiger partial charge in [0.1, 0.15) is 5.52 Å². The Morgan fingerprint density at radius 2 is 2.12 bits per heavy atom. The number of halogens is 2. The fraction of sp³-hybridized carbons (Fsp3) is 0. The zero-order chi connectivity index (χ0) is 11.1. The molecule has 1 aromatic carbocycles. The summed E-state index contributed by atoms with van der Waals surface area (Å²) in [6, 6.07) is 8.31. The van der Waals surface area contributed by atoms with Crippen molar-refractivity contribution < 1.29 is 8.81 Å². The van der Waals surface area contributed by atoms with E-state index in [1.807, 2.05) is 0 Å². The molecule has 3 aromatic rings. The molecule has 0 unspecified atom stereocenters. The molecule has 3 nitrogen and oxygen atoms in total. The summed E-state index contributed by atoms with van der Waals surface area (Å²) in [6.07, 6.45) is 0. The van der Waals surface area contributed by atoms with Gasteiger partial charge >= 0.3 is 0 Å². The maximum atomic E-state index is 13.4. The average Bonchev–Trinajstić information content (AvgIpc) is 2.84. The summed E-state index contributed by atoms with van der Waals surface area (Å²) < 4.78 is 19.4. The smallest absolute Gasteiger partial charge is 0.174 e. The lowest BCUT2D eigenvalue weighted by molar-refractivity contribution is 0.552. The van der Waals surface area contributed by atoms with Gasteiger partial charge in [-0.3, -0.25) is 0 Å². The van der Waals surface area contributed by atoms with E-state index < -0.39 is 0 Å². The zero-order valence-electron chi connectivity index (χ0n) is 8.00. The number of fused-ring (bicyclic) bond motifs is 1. The van der Waals surface area contributed by atoms with Crippen molar-refractivity contribution in [3.05, 3.63) is 40.8 Å². The topological polar surface area (TPSA) is 41.8 Å². The van der Waals surface area contributed by atoms with Crippen molar-refractivity contribution in [2.75, 3.05) is 0 Å². The van der Waals surface area contributed by atoms with Crippen LogP contribution in [0.4, 0.5) is 4.39 Å². The number of imidazole rings is 1. The highest BCUT2D eigenvalue weighted by Crippen LogP contribution is 2.25. The second kappa shape index (κ2) is 3.45. The number of benzene rings is 1. The van der Waals surface area contributed by atoms with E-state index in [2.05, 4.69) is 25.9 Å². The Labute approximate surface area is 98.4 Å². The number of aromatic amines is 1. The molecule has 0 amide bonds. The maximum Gasteiger partial charge on any atom is 0.174 e. The minimum absolute atomic E-state index is 0.324. The quantitative estimate of drug-likeness (QED) is 0.738. The van der Waals surface area contributed by atoms with Crippen LogP contribution >= 0.6 is 15.9 Å². The largest absolute Gasteiger partial charge is 0.446 e. The summed E-state index contributed by atoms with van der Waals surface area (Å²) in [4.78, 5) is 7.15. The normalized spacial score (nSPS) is 11.1. The van der Waals surface area contributed by atoms with Gasteiger partial charge in [0.15, 0.2) is 22.1 Å². The molecule has 0 spiro atoms. The molecule has 80 valence electrons. The fourth-order valence-corrected chi connectivity index (χ4v) is 1.86. The Morgan fingerprint density at radius 3 is 2.81 bits per heavy atom. The predicted octanol–water partition coefficient (Wildman–Crippen LogP) is 3.72. The van der Waals surface area contributed by atoms with Crippen LogP contribution in [0.25, 0.3) is 22.6 Å². The molecule has 16 heavy (non-hydrogen) atoms. The molecule has 0 aliphatic heterocycles. The number of H-pyrrole nitrogens is 1. The van der Waals surface area contributed by atoms with Gasteiger partial charge in [-0.1, -0.05) is 6.07 Å². The molecule has 0 fully saturated rings. The molecule has 1 N–H and O–H groups in total. The number of para-hydroxylation sites is 1. The number of aromatic nitrogens is 2. The number of furan rings is 1. The average molecular weight is 281 g/mol. The van der Waals surface area contributed by atoms with Gasteiger partial charge in [-0.05, 0) is 40.2 Å². The van der Waals surface area contributed by atoms with E-state index >= 15 is 0 Å². The Bertz CT molecular complexity index is 659. The molecule has 0 radical (unpaired) electrons. The molecule has 0 saturated heterocycles. The fourth-order valence-electron chi connectivity index (χ4n) is 1.56. The van der Waals surface area contributed by atoms with Gasteiger partial charge in [0.05, 0.1) is 5.52 Å². The monoisotopic (exact) mass is 280 g/mol. The summed E-state index contributed by atoms with van der Waals surface area (Å²) in [6.45, 7) is 0. The minimum atomic E-state index is -0.342. The van der Waals surface area contributed by atoms with E-state index in [0.717, 1.165) is 0 Å². The lowest BCUT2D eigenvalue weighted by Gasteiger charge is -1.86. The zero-order valence-corrected chi connectivity index (χ0v) is 9.58. The Hall–Kier alpha value is -1.62. The summed E-state index contributed by atoms with van der Waals surface area (Å²) in [5, 5.41) is 0. The van der Waals surface area contributed by atoms with Crippen LogP contribution in [0.15, 0.2) is 39.4 Å². The third-order valence-corrected chi connectivity index (χ3v) is 2.70. The van der Waals surface area contributed by atoms with Gasteiger partial charge in [-0.25, -0.2) is 9.37 Å². The molecule has 0 aliphatic carbocycles. The second-order valence-corrected chi connectivity index (χ2v) is 4.11. The first kappa shape index (κ1) is 9.59. The Kier molecular flexibility index (Phi) is 2.07. The van der Waals surface area contributed by atoms with Crippen LogP contribution in [-0.4, -0.2) is 9.97 Å². The van der Waals surface area contributed by atoms with Crippen LogP contribution in [0.3, 0.4) is 0 Å². The van der Waals surface area contributed by atoms with E-state index in [9.17, 15) is 4.39 Å². The van der Waals surface area contributed by atoms with Crippen molar-refractivity contribution in [1.29, 1.82) is 0 Å². The summed E-state index contributed by atoms with van der Waals surface area (Å²) >= 11 is 3.21. The van der Waals surface area contributed by atoms with Gasteiger partial charge in [0.25, 0.3) is 0 Å². The molecular weight excluding hydrogens is 275 g/mol. The van der Waals surface area contributed by atoms with Crippen molar-refractivity contribution in [1.82, 2.24) is 9.97 Å². The Morgan fingerprint density at radius 1 is 1.25 bits per heavy atom. The lowest BCUT2D eigenvalue weighted by Crippen LogP contribution is -1.76. The van der Waals surface area contributed by atoms with Crippen molar-refractivity contribution >= 4 is 27.0 Å². The van der Waals surface area contributed by atoms with Crippen LogP contribution in [0.2, 0.25) is 0 Å². The number of hydrogen-bond acceptors (Lipinski definition) is 2. The van der Waals surface area contributed by atoms with Crippen molar-refractivity contribution in [2.24, 2.45) is 0 Å². The van der Waals surface area contributed by atoms with Crippen molar-refractivity contribution in [3.8, 4) is 11.6 Å². The van der Waals surface area contributed by atoms with Gasteiger partial charge < -0.3 is 9.40 Å². The first-order valence-electron chi connectivity index (χ1n) is 4.64. The second-order valence-electron chi connectivity index (χ2n) is 3.33. The van der Waals surface area contributed by atoms with E-state index in [1.54, 1.807) is 24.3 Å². The maximum absolute atomic E-state index is 13.4. The molecule has 2 heterocycles. The van der Waals surface area contributed by atoms with Crippen LogP contribution in [0, 0.1) is 5.82 Å². The molecule has 2 aromatic heterocycles. The molecule has 5 heteroatoms. The van der Waals surface area contributed by atoms with E-state index in [1.165, 1.54) is 6.07 Å². The summed E-state index contributed by atoms with van der Waals surface area (Å²) in [5.41, 5.74) is 0.979. The highest BCUT2D eigenvalue weighted by atomic mass is 79.9. The van der Waals surface area contributed by atoms with E-state index in [0.29, 0.717) is 27.3 Å². The van der Waals surface area contributed by atoms with Crippen LogP contribution in [0.1, 0.15) is 0 Å². The number of nitrogens with one attached hydrogen (secondary N) is 1. The van der Waals surface area contributed by atoms with Crippen molar-refractivity contribution in [2.45, 2.75) is 0 Å². The van der Waals surface area contributed by atoms with Crippen molar-refractivity contribution in [3.63, 3.8) is 0 Å². The molecular formula is C11H6BrFN2O. The van der Waals surface area contributed by atoms with Crippen LogP contribution < -0.4 is 0 Å². The standard InChI is InChI=1S/C11H6BrFN2O/c12-9-5-4-8(16-9)11-14-7-3-1-2-6(13)10(7)15-11/h1-5H,(H,14,15). The van der Waals surface area contributed by atoms with Gasteiger partial charge in [-0.2, -0.15) is 0 Å². The lowest BCUT2D eigenvalue weighted by atomic mass is 10.3. The third-order valence-electron chi connectivity index (χ3n) is 2.27. The minimum Gasteiger partial charge on any atom is -0.446 e. The Balaban J connectivity index is 2.22. The highest BCUT2D eigenvalue weighted by Gasteiger charge is 2.11. The van der Waals surface area contributed by atoms with Crippen LogP contribution in [-0.2, 0) is 0 Å². The van der Waals surface area contributed by atoms with E-state index in [-0.39, 0.29) is 5.82 Å². The number of hydrogen-bond donors (Lipinski definition) is 1. The molecule has 0 saturated carbocycles. The predicted molar refractivity (Wildman–Crippen MR) is 61.5 cm³/mol. The summed E-state index contributed by atoms with van der Waals surface area (Å²) in [7, 11) is 0. The molecule has 0 atom stereocenters. The highest BCUT2D eigenvalue weighted by molar-refractivity contribution is 9.10. The number of nitrogens with zero attached hydrogens (tertiary/aromatic N) is 1. The first-order chi connectivity index (χ1) is 7.74. The van der Waals surface area contributed by atoms with Crippen LogP contribution in [0.5, 0.6) is 0 Å². The van der Waals surface area contributed by atoms with Gasteiger partial charge in [0, 0.05) is 0 Å². The molecule has 0 bridgehead atoms. The summed E-state index contributed by atoms with van der Waals surface area (Å²) in [5.74, 6) is 0.749. The number of rotatable bonds is 1. The van der Waals surface area contributed by atoms with Gasteiger partial charge in [-0.15, -0.1) is 0 Å².